The fourth-order valence-corrected chi connectivity index (χ4v) is 1.95. The van der Waals surface area contributed by atoms with E-state index in [4.69, 9.17) is 5.73 Å². The van der Waals surface area contributed by atoms with E-state index in [1.807, 2.05) is 6.92 Å². The average molecular weight is 289 g/mol. The van der Waals surface area contributed by atoms with Gasteiger partial charge in [-0.15, -0.1) is 0 Å². The van der Waals surface area contributed by atoms with Crippen LogP contribution in [0.2, 0.25) is 0 Å². The SMILES string of the molecule is CCCNC(=O)CCNc1cc2nc[nH]c(=O)c2cc1N. The normalized spacial score (nSPS) is 10.5. The molecule has 7 nitrogen and oxygen atoms in total. The van der Waals surface area contributed by atoms with Crippen LogP contribution >= 0.6 is 0 Å². The summed E-state index contributed by atoms with van der Waals surface area (Å²) in [7, 11) is 0. The summed E-state index contributed by atoms with van der Waals surface area (Å²) in [6.07, 6.45) is 2.63. The summed E-state index contributed by atoms with van der Waals surface area (Å²) in [4.78, 5) is 29.7. The molecular weight excluding hydrogens is 270 g/mol. The molecule has 1 heterocycles. The van der Waals surface area contributed by atoms with E-state index in [9.17, 15) is 9.59 Å². The van der Waals surface area contributed by atoms with E-state index in [-0.39, 0.29) is 11.5 Å². The number of nitrogens with two attached hydrogens (primary N) is 1. The summed E-state index contributed by atoms with van der Waals surface area (Å²) in [6.45, 7) is 3.15. The van der Waals surface area contributed by atoms with Gasteiger partial charge in [-0.2, -0.15) is 0 Å². The molecule has 2 rings (SSSR count). The summed E-state index contributed by atoms with van der Waals surface area (Å²) in [6, 6.07) is 3.30. The summed E-state index contributed by atoms with van der Waals surface area (Å²) in [5, 5.41) is 6.34. The number of fused-ring (bicyclic) bond motifs is 1. The number of anilines is 2. The number of nitrogens with one attached hydrogen (secondary N) is 3. The Morgan fingerprint density at radius 3 is 2.95 bits per heavy atom. The van der Waals surface area contributed by atoms with Crippen molar-refractivity contribution in [2.75, 3.05) is 24.1 Å². The third-order valence-electron chi connectivity index (χ3n) is 3.05. The molecule has 21 heavy (non-hydrogen) atoms. The quantitative estimate of drug-likeness (QED) is 0.588. The Labute approximate surface area is 122 Å². The zero-order chi connectivity index (χ0) is 15.2. The summed E-state index contributed by atoms with van der Waals surface area (Å²) < 4.78 is 0. The van der Waals surface area contributed by atoms with Gasteiger partial charge in [-0.05, 0) is 18.6 Å². The highest BCUT2D eigenvalue weighted by molar-refractivity contribution is 5.88. The van der Waals surface area contributed by atoms with E-state index >= 15 is 0 Å². The molecule has 0 aliphatic heterocycles. The highest BCUT2D eigenvalue weighted by Gasteiger charge is 2.06. The number of carbonyl (C=O) groups is 1. The predicted octanol–water partition coefficient (Wildman–Crippen LogP) is 0.834. The van der Waals surface area contributed by atoms with Crippen LogP contribution in [0.5, 0.6) is 0 Å². The van der Waals surface area contributed by atoms with Gasteiger partial charge in [0.15, 0.2) is 0 Å². The van der Waals surface area contributed by atoms with Crippen LogP contribution in [-0.2, 0) is 4.79 Å². The number of benzene rings is 1. The Hall–Kier alpha value is -2.57. The van der Waals surface area contributed by atoms with Crippen molar-refractivity contribution in [2.45, 2.75) is 19.8 Å². The minimum absolute atomic E-state index is 0.00159. The van der Waals surface area contributed by atoms with Crippen LogP contribution in [0.1, 0.15) is 19.8 Å². The molecule has 0 aliphatic rings. The smallest absolute Gasteiger partial charge is 0.258 e. The van der Waals surface area contributed by atoms with Gasteiger partial charge in [-0.1, -0.05) is 6.92 Å². The van der Waals surface area contributed by atoms with Gasteiger partial charge in [0.1, 0.15) is 0 Å². The second-order valence-electron chi connectivity index (χ2n) is 4.71. The van der Waals surface area contributed by atoms with Crippen LogP contribution in [0.25, 0.3) is 10.9 Å². The van der Waals surface area contributed by atoms with E-state index in [0.717, 1.165) is 6.42 Å². The minimum Gasteiger partial charge on any atom is -0.397 e. The fourth-order valence-electron chi connectivity index (χ4n) is 1.95. The van der Waals surface area contributed by atoms with Crippen molar-refractivity contribution in [3.8, 4) is 0 Å². The van der Waals surface area contributed by atoms with Crippen molar-refractivity contribution in [2.24, 2.45) is 0 Å². The number of nitrogen functional groups attached to an aromatic ring is 1. The molecule has 0 atom stereocenters. The molecule has 0 radical (unpaired) electrons. The van der Waals surface area contributed by atoms with Gasteiger partial charge in [0, 0.05) is 19.5 Å². The minimum atomic E-state index is -0.225. The van der Waals surface area contributed by atoms with E-state index in [2.05, 4.69) is 20.6 Å². The Kier molecular flexibility index (Phi) is 4.76. The Morgan fingerprint density at radius 2 is 2.19 bits per heavy atom. The lowest BCUT2D eigenvalue weighted by molar-refractivity contribution is -0.120. The molecule has 0 saturated carbocycles. The molecule has 0 spiro atoms. The van der Waals surface area contributed by atoms with Crippen molar-refractivity contribution >= 4 is 28.2 Å². The fraction of sp³-hybridized carbons (Fsp3) is 0.357. The van der Waals surface area contributed by atoms with Gasteiger partial charge >= 0.3 is 0 Å². The number of hydrogen-bond donors (Lipinski definition) is 4. The largest absolute Gasteiger partial charge is 0.397 e. The first kappa shape index (κ1) is 14.8. The number of rotatable bonds is 6. The molecule has 1 aromatic carbocycles. The lowest BCUT2D eigenvalue weighted by Gasteiger charge is -2.10. The van der Waals surface area contributed by atoms with Gasteiger partial charge in [0.25, 0.3) is 5.56 Å². The number of amides is 1. The molecule has 112 valence electrons. The summed E-state index contributed by atoms with van der Waals surface area (Å²) in [5.74, 6) is -0.00159. The lowest BCUT2D eigenvalue weighted by Crippen LogP contribution is -2.26. The van der Waals surface area contributed by atoms with Crippen LogP contribution in [0.15, 0.2) is 23.3 Å². The third-order valence-corrected chi connectivity index (χ3v) is 3.05. The highest BCUT2D eigenvalue weighted by atomic mass is 16.1. The number of nitrogens with zero attached hydrogens (tertiary/aromatic N) is 1. The lowest BCUT2D eigenvalue weighted by atomic mass is 10.2. The van der Waals surface area contributed by atoms with Crippen molar-refractivity contribution in [3.05, 3.63) is 28.8 Å². The maximum atomic E-state index is 11.6. The zero-order valence-electron chi connectivity index (χ0n) is 11.9. The van der Waals surface area contributed by atoms with Crippen molar-refractivity contribution < 1.29 is 4.79 Å². The van der Waals surface area contributed by atoms with Crippen LogP contribution in [0, 0.1) is 0 Å². The molecule has 0 fully saturated rings. The Morgan fingerprint density at radius 1 is 1.38 bits per heavy atom. The molecular formula is C14H19N5O2. The van der Waals surface area contributed by atoms with Gasteiger partial charge in [-0.25, -0.2) is 4.98 Å². The second-order valence-corrected chi connectivity index (χ2v) is 4.71. The van der Waals surface area contributed by atoms with E-state index in [1.54, 1.807) is 12.1 Å². The zero-order valence-corrected chi connectivity index (χ0v) is 11.9. The van der Waals surface area contributed by atoms with E-state index in [0.29, 0.717) is 41.8 Å². The van der Waals surface area contributed by atoms with Crippen LogP contribution in [0.3, 0.4) is 0 Å². The number of aromatic amines is 1. The van der Waals surface area contributed by atoms with Crippen LogP contribution in [-0.4, -0.2) is 29.0 Å². The molecule has 0 bridgehead atoms. The van der Waals surface area contributed by atoms with Gasteiger partial charge in [-0.3, -0.25) is 9.59 Å². The Balaban J connectivity index is 2.04. The Bertz CT molecular complexity index is 695. The molecule has 0 unspecified atom stereocenters. The predicted molar refractivity (Wildman–Crippen MR) is 83.2 cm³/mol. The molecule has 5 N–H and O–H groups in total. The molecule has 0 aliphatic carbocycles. The molecule has 7 heteroatoms. The average Bonchev–Trinajstić information content (AvgIpc) is 2.47. The standard InChI is InChI=1S/C14H19N5O2/c1-2-4-17-13(20)3-5-16-12-7-11-9(6-10(12)15)14(21)19-8-18-11/h6-8,16H,2-5,15H2,1H3,(H,17,20)(H,18,19,21). The maximum Gasteiger partial charge on any atom is 0.258 e. The van der Waals surface area contributed by atoms with Crippen molar-refractivity contribution in [1.29, 1.82) is 0 Å². The number of carbonyl (C=O) groups excluding carboxylic acids is 1. The topological polar surface area (TPSA) is 113 Å². The number of aromatic nitrogens is 2. The first-order valence-corrected chi connectivity index (χ1v) is 6.89. The van der Waals surface area contributed by atoms with E-state index < -0.39 is 0 Å². The first-order valence-electron chi connectivity index (χ1n) is 6.89. The molecule has 1 amide bonds. The van der Waals surface area contributed by atoms with Crippen LogP contribution < -0.4 is 21.9 Å². The molecule has 0 saturated heterocycles. The first-order chi connectivity index (χ1) is 10.1. The number of H-pyrrole nitrogens is 1. The van der Waals surface area contributed by atoms with Gasteiger partial charge in [0.05, 0.1) is 28.6 Å². The van der Waals surface area contributed by atoms with Crippen LogP contribution in [0.4, 0.5) is 11.4 Å². The number of hydrogen-bond acceptors (Lipinski definition) is 5. The van der Waals surface area contributed by atoms with Crippen molar-refractivity contribution in [3.63, 3.8) is 0 Å². The highest BCUT2D eigenvalue weighted by Crippen LogP contribution is 2.22. The maximum absolute atomic E-state index is 11.6. The monoisotopic (exact) mass is 289 g/mol. The van der Waals surface area contributed by atoms with Gasteiger partial charge < -0.3 is 21.4 Å². The molecule has 1 aromatic heterocycles. The summed E-state index contributed by atoms with van der Waals surface area (Å²) >= 11 is 0. The van der Waals surface area contributed by atoms with Gasteiger partial charge in [0.2, 0.25) is 5.91 Å². The van der Waals surface area contributed by atoms with E-state index in [1.165, 1.54) is 6.33 Å². The van der Waals surface area contributed by atoms with Crippen molar-refractivity contribution in [1.82, 2.24) is 15.3 Å². The molecule has 2 aromatic rings. The summed E-state index contributed by atoms with van der Waals surface area (Å²) in [5.41, 5.74) is 7.37. The third kappa shape index (κ3) is 3.71. The second kappa shape index (κ2) is 6.74.